The largest absolute Gasteiger partial charge is 0.465 e. The van der Waals surface area contributed by atoms with E-state index in [-0.39, 0.29) is 95.8 Å². The minimum Gasteiger partial charge on any atom is -0.465 e. The molecular formula is C59H96F2N2O14. The zero-order valence-electron chi connectivity index (χ0n) is 47.2. The van der Waals surface area contributed by atoms with E-state index in [4.69, 9.17) is 33.2 Å². The number of hydrogen-bond acceptors (Lipinski definition) is 15. The van der Waals surface area contributed by atoms with E-state index < -0.39 is 85.2 Å². The predicted octanol–water partition coefficient (Wildman–Crippen LogP) is 11.8. The van der Waals surface area contributed by atoms with Crippen LogP contribution in [0.5, 0.6) is 0 Å². The third-order valence-corrected chi connectivity index (χ3v) is 14.7. The van der Waals surface area contributed by atoms with Gasteiger partial charge in [-0.2, -0.15) is 0 Å². The van der Waals surface area contributed by atoms with E-state index in [0.29, 0.717) is 45.2 Å². The van der Waals surface area contributed by atoms with Crippen LogP contribution in [0, 0.1) is 16.2 Å². The van der Waals surface area contributed by atoms with E-state index in [0.717, 1.165) is 90.1 Å². The van der Waals surface area contributed by atoms with Crippen molar-refractivity contribution in [2.75, 3.05) is 65.8 Å². The molecule has 1 aliphatic heterocycles. The highest BCUT2D eigenvalue weighted by molar-refractivity contribution is 5.81. The number of halogens is 2. The molecule has 1 N–H and O–H groups in total. The molecule has 440 valence electrons. The number of amides is 1. The highest BCUT2D eigenvalue weighted by Gasteiger charge is 2.76. The van der Waals surface area contributed by atoms with Crippen LogP contribution in [-0.4, -0.2) is 125 Å². The van der Waals surface area contributed by atoms with E-state index >= 15 is 0 Å². The van der Waals surface area contributed by atoms with Gasteiger partial charge in [-0.15, -0.1) is 0 Å². The molecule has 4 fully saturated rings. The first-order valence-electron chi connectivity index (χ1n) is 29.4. The number of alkyl halides is 2. The van der Waals surface area contributed by atoms with Crippen LogP contribution in [0.25, 0.3) is 0 Å². The van der Waals surface area contributed by atoms with Gasteiger partial charge in [0.25, 0.3) is 0 Å². The van der Waals surface area contributed by atoms with Gasteiger partial charge in [0.15, 0.2) is 0 Å². The van der Waals surface area contributed by atoms with Crippen molar-refractivity contribution < 1.29 is 75.5 Å². The molecule has 16 nitrogen and oxygen atoms in total. The molecule has 1 saturated heterocycles. The Morgan fingerprint density at radius 1 is 0.532 bits per heavy atom. The minimum absolute atomic E-state index is 0.0337. The second-order valence-corrected chi connectivity index (χ2v) is 21.8. The summed E-state index contributed by atoms with van der Waals surface area (Å²) >= 11 is 0. The maximum atomic E-state index is 13.8. The van der Waals surface area contributed by atoms with E-state index in [9.17, 15) is 42.3 Å². The third kappa shape index (κ3) is 27.7. The molecule has 3 aliphatic carbocycles. The molecule has 3 saturated carbocycles. The Morgan fingerprint density at radius 3 is 1.45 bits per heavy atom. The molecule has 0 radical (unpaired) electrons. The molecular weight excluding hydrogens is 999 g/mol. The van der Waals surface area contributed by atoms with Crippen LogP contribution in [0.4, 0.5) is 13.6 Å². The average molecular weight is 1100 g/mol. The molecule has 1 amide bonds. The van der Waals surface area contributed by atoms with Gasteiger partial charge in [0, 0.05) is 50.6 Å². The van der Waals surface area contributed by atoms with Crippen LogP contribution in [0.2, 0.25) is 0 Å². The number of carbonyl (C=O) groups excluding carboxylic acids is 7. The molecule has 77 heavy (non-hydrogen) atoms. The Bertz CT molecular complexity index is 1720. The number of esters is 6. The molecule has 0 aromatic heterocycles. The highest BCUT2D eigenvalue weighted by Crippen LogP contribution is 2.75. The number of likely N-dealkylation sites (tertiary alicyclic amines) is 1. The molecule has 1 atom stereocenters. The first-order valence-corrected chi connectivity index (χ1v) is 29.4. The number of unbranched alkanes of at least 4 members (excludes halogenated alkanes) is 11. The highest BCUT2D eigenvalue weighted by atomic mass is 19.3. The van der Waals surface area contributed by atoms with Crippen molar-refractivity contribution in [2.24, 2.45) is 16.2 Å². The first kappa shape index (κ1) is 66.7. The summed E-state index contributed by atoms with van der Waals surface area (Å²) in [5.41, 5.74) is -3.93. The molecule has 1 unspecified atom stereocenters. The Kier molecular flexibility index (Phi) is 33.7. The number of nitrogens with zero attached hydrogens (tertiary/aromatic N) is 1. The number of carbonyl (C=O) groups is 7. The summed E-state index contributed by atoms with van der Waals surface area (Å²) in [5, 5.41) is 2.82. The monoisotopic (exact) mass is 1090 g/mol. The predicted molar refractivity (Wildman–Crippen MR) is 288 cm³/mol. The van der Waals surface area contributed by atoms with Crippen molar-refractivity contribution in [2.45, 2.75) is 226 Å². The van der Waals surface area contributed by atoms with Crippen molar-refractivity contribution in [1.29, 1.82) is 0 Å². The molecule has 4 aliphatic rings. The van der Waals surface area contributed by atoms with Crippen LogP contribution in [-0.2, 0) is 61.9 Å². The SMILES string of the molecule is CCCCC/C=C\CCOC(=O)CCCCC(=O)OCC(COC(=O)CCCCC(=O)OCC/C=C\CCCCC)(COC(=O)CCC(CCCCCC)OC(=O)NCCN1CCCC1)COC(=O)C12CC(C(F)F)(C1)C2. The topological polar surface area (TPSA) is 199 Å². The Morgan fingerprint density at radius 2 is 0.974 bits per heavy atom. The summed E-state index contributed by atoms with van der Waals surface area (Å²) in [5.74, 6) is -3.53. The fraction of sp³-hybridized carbons (Fsp3) is 0.814. The van der Waals surface area contributed by atoms with Gasteiger partial charge in [0.1, 0.15) is 37.9 Å². The summed E-state index contributed by atoms with van der Waals surface area (Å²) in [4.78, 5) is 93.6. The zero-order valence-corrected chi connectivity index (χ0v) is 47.2. The lowest BCUT2D eigenvalue weighted by Gasteiger charge is -2.67. The van der Waals surface area contributed by atoms with Crippen molar-refractivity contribution in [3.05, 3.63) is 24.3 Å². The summed E-state index contributed by atoms with van der Waals surface area (Å²) in [6, 6.07) is 0. The molecule has 0 spiro atoms. The fourth-order valence-electron chi connectivity index (χ4n) is 9.91. The van der Waals surface area contributed by atoms with Gasteiger partial charge in [-0.3, -0.25) is 28.8 Å². The van der Waals surface area contributed by atoms with E-state index in [1.165, 1.54) is 12.8 Å². The van der Waals surface area contributed by atoms with Crippen molar-refractivity contribution >= 4 is 41.9 Å². The number of hydrogen-bond donors (Lipinski definition) is 1. The Hall–Kier alpha value is -4.61. The normalized spacial score (nSPS) is 18.4. The number of ether oxygens (including phenoxy) is 7. The number of allylic oxidation sites excluding steroid dienone is 2. The first-order chi connectivity index (χ1) is 37.2. The van der Waals surface area contributed by atoms with Gasteiger partial charge >= 0.3 is 41.9 Å². The van der Waals surface area contributed by atoms with Crippen molar-refractivity contribution in [1.82, 2.24) is 10.2 Å². The standard InChI is InChI=1S/C59H96F2N2O14/c1-4-7-10-13-15-17-26-39-71-49(64)29-20-22-31-51(66)73-44-57(47-76-55(69)59-41-58(42-59,43-59)54(60)61,45-74-52(67)32-23-21-30-50(65)72-40-27-18-16-14-11-8-5-2)46-75-53(68)34-33-48(28-19-12-9-6-3)77-56(70)62-35-38-63-36-24-25-37-63/h15-18,48,54H,4-14,19-47H2,1-3H3,(H,62,70)/b17-15-,18-16-. The van der Waals surface area contributed by atoms with Gasteiger partial charge in [0.2, 0.25) is 6.43 Å². The molecule has 2 bridgehead atoms. The second-order valence-electron chi connectivity index (χ2n) is 21.8. The fourth-order valence-corrected chi connectivity index (χ4v) is 9.91. The second kappa shape index (κ2) is 38.9. The smallest absolute Gasteiger partial charge is 0.407 e. The van der Waals surface area contributed by atoms with Crippen LogP contribution in [0.15, 0.2) is 24.3 Å². The average Bonchev–Trinajstić information content (AvgIpc) is 3.91. The number of alkyl carbamates (subject to hydrolysis) is 1. The lowest BCUT2D eigenvalue weighted by Crippen LogP contribution is -2.68. The van der Waals surface area contributed by atoms with Crippen LogP contribution < -0.4 is 5.32 Å². The van der Waals surface area contributed by atoms with Gasteiger partial charge in [0.05, 0.1) is 18.6 Å². The van der Waals surface area contributed by atoms with Crippen LogP contribution >= 0.6 is 0 Å². The third-order valence-electron chi connectivity index (χ3n) is 14.7. The van der Waals surface area contributed by atoms with E-state index in [1.807, 2.05) is 12.2 Å². The quantitative estimate of drug-likeness (QED) is 0.0261. The maximum absolute atomic E-state index is 13.8. The van der Waals surface area contributed by atoms with Gasteiger partial charge in [-0.25, -0.2) is 13.6 Å². The summed E-state index contributed by atoms with van der Waals surface area (Å²) in [6.07, 6.45) is 22.2. The van der Waals surface area contributed by atoms with Gasteiger partial charge in [-0.1, -0.05) is 90.0 Å². The Balaban J connectivity index is 1.66. The lowest BCUT2D eigenvalue weighted by atomic mass is 9.35. The molecule has 4 rings (SSSR count). The maximum Gasteiger partial charge on any atom is 0.407 e. The van der Waals surface area contributed by atoms with Crippen LogP contribution in [0.3, 0.4) is 0 Å². The van der Waals surface area contributed by atoms with Gasteiger partial charge in [-0.05, 0) is 129 Å². The van der Waals surface area contributed by atoms with E-state index in [2.05, 4.69) is 43.1 Å². The molecule has 18 heteroatoms. The molecule has 0 aromatic carbocycles. The Labute approximate surface area is 458 Å². The van der Waals surface area contributed by atoms with Gasteiger partial charge < -0.3 is 43.4 Å². The number of rotatable bonds is 46. The zero-order chi connectivity index (χ0) is 56.0. The summed E-state index contributed by atoms with van der Waals surface area (Å²) in [6.45, 7) is 7.89. The van der Waals surface area contributed by atoms with E-state index in [1.54, 1.807) is 0 Å². The minimum atomic E-state index is -2.58. The van der Waals surface area contributed by atoms with Crippen LogP contribution in [0.1, 0.15) is 213 Å². The van der Waals surface area contributed by atoms with Crippen molar-refractivity contribution in [3.8, 4) is 0 Å². The lowest BCUT2D eigenvalue weighted by molar-refractivity contribution is -0.270. The van der Waals surface area contributed by atoms with Crippen molar-refractivity contribution in [3.63, 3.8) is 0 Å². The molecule has 1 heterocycles. The number of nitrogens with one attached hydrogen (secondary N) is 1. The molecule has 0 aromatic rings. The summed E-state index contributed by atoms with van der Waals surface area (Å²) < 4.78 is 67.0. The summed E-state index contributed by atoms with van der Waals surface area (Å²) in [7, 11) is 0.